The second-order valence-electron chi connectivity index (χ2n) is 5.02. The average molecular weight is 276 g/mol. The lowest BCUT2D eigenvalue weighted by Gasteiger charge is -2.08. The first-order valence-corrected chi connectivity index (χ1v) is 7.52. The second-order valence-corrected chi connectivity index (χ2v) is 5.02. The van der Waals surface area contributed by atoms with Gasteiger partial charge < -0.3 is 4.74 Å². The first-order chi connectivity index (χ1) is 9.77. The fourth-order valence-electron chi connectivity index (χ4n) is 2.21. The number of aryl methyl sites for hydroxylation is 1. The first-order valence-electron chi connectivity index (χ1n) is 7.52. The average Bonchev–Trinajstić information content (AvgIpc) is 2.47. The van der Waals surface area contributed by atoms with Crippen LogP contribution >= 0.6 is 0 Å². The van der Waals surface area contributed by atoms with Crippen molar-refractivity contribution in [2.75, 3.05) is 0 Å². The smallest absolute Gasteiger partial charge is 0.376 e. The number of aldehydes is 1. The molecule has 1 aromatic rings. The Hall–Kier alpha value is -1.64. The Morgan fingerprint density at radius 1 is 1.05 bits per heavy atom. The highest BCUT2D eigenvalue weighted by Gasteiger charge is 2.07. The van der Waals surface area contributed by atoms with Gasteiger partial charge in [-0.1, -0.05) is 63.6 Å². The molecule has 0 aliphatic heterocycles. The molecule has 0 saturated carbocycles. The molecule has 110 valence electrons. The second kappa shape index (κ2) is 10.2. The summed E-state index contributed by atoms with van der Waals surface area (Å²) in [6.45, 7) is 2.22. The van der Waals surface area contributed by atoms with Crippen molar-refractivity contribution in [1.82, 2.24) is 0 Å². The Morgan fingerprint density at radius 2 is 1.70 bits per heavy atom. The van der Waals surface area contributed by atoms with Gasteiger partial charge in [-0.2, -0.15) is 0 Å². The van der Waals surface area contributed by atoms with Crippen LogP contribution in [0.4, 0.5) is 0 Å². The third-order valence-electron chi connectivity index (χ3n) is 3.33. The lowest BCUT2D eigenvalue weighted by atomic mass is 10.0. The third kappa shape index (κ3) is 6.50. The van der Waals surface area contributed by atoms with E-state index < -0.39 is 5.97 Å². The monoisotopic (exact) mass is 276 g/mol. The Balaban J connectivity index is 2.32. The normalized spacial score (nSPS) is 10.2. The first kappa shape index (κ1) is 16.4. The van der Waals surface area contributed by atoms with E-state index in [1.807, 2.05) is 18.2 Å². The fraction of sp³-hybridized carbons (Fsp3) is 0.529. The van der Waals surface area contributed by atoms with Crippen LogP contribution < -0.4 is 4.74 Å². The predicted molar refractivity (Wildman–Crippen MR) is 79.8 cm³/mol. The molecule has 0 saturated heterocycles. The quantitative estimate of drug-likeness (QED) is 0.212. The van der Waals surface area contributed by atoms with E-state index in [9.17, 15) is 9.59 Å². The van der Waals surface area contributed by atoms with Gasteiger partial charge in [0.2, 0.25) is 6.29 Å². The van der Waals surface area contributed by atoms with Crippen LogP contribution in [0, 0.1) is 0 Å². The van der Waals surface area contributed by atoms with E-state index in [0.29, 0.717) is 5.75 Å². The molecule has 0 spiro atoms. The number of hydrogen-bond donors (Lipinski definition) is 0. The van der Waals surface area contributed by atoms with Crippen LogP contribution in [0.15, 0.2) is 24.3 Å². The number of carbonyl (C=O) groups excluding carboxylic acids is 2. The molecule has 20 heavy (non-hydrogen) atoms. The van der Waals surface area contributed by atoms with Crippen molar-refractivity contribution < 1.29 is 14.3 Å². The number of rotatable bonds is 10. The predicted octanol–water partition coefficient (Wildman–Crippen LogP) is 4.08. The fourth-order valence-corrected chi connectivity index (χ4v) is 2.21. The van der Waals surface area contributed by atoms with Crippen molar-refractivity contribution >= 4 is 12.3 Å². The minimum absolute atomic E-state index is 0.199. The molecule has 1 aromatic carbocycles. The van der Waals surface area contributed by atoms with Gasteiger partial charge in [-0.3, -0.25) is 4.79 Å². The zero-order chi connectivity index (χ0) is 14.6. The Kier molecular flexibility index (Phi) is 8.36. The van der Waals surface area contributed by atoms with Crippen molar-refractivity contribution in [2.45, 2.75) is 58.3 Å². The van der Waals surface area contributed by atoms with E-state index in [1.165, 1.54) is 38.5 Å². The van der Waals surface area contributed by atoms with E-state index in [-0.39, 0.29) is 6.29 Å². The summed E-state index contributed by atoms with van der Waals surface area (Å²) in [5.41, 5.74) is 0.997. The molecular formula is C17H24O3. The summed E-state index contributed by atoms with van der Waals surface area (Å²) in [4.78, 5) is 21.4. The lowest BCUT2D eigenvalue weighted by Crippen LogP contribution is -2.10. The molecular weight excluding hydrogens is 252 g/mol. The molecule has 0 atom stereocenters. The molecule has 0 unspecified atom stereocenters. The Morgan fingerprint density at radius 3 is 2.40 bits per heavy atom. The minimum atomic E-state index is -0.836. The van der Waals surface area contributed by atoms with Crippen molar-refractivity contribution in [3.8, 4) is 5.75 Å². The van der Waals surface area contributed by atoms with Crippen molar-refractivity contribution in [3.05, 3.63) is 29.8 Å². The molecule has 0 fully saturated rings. The molecule has 0 amide bonds. The lowest BCUT2D eigenvalue weighted by molar-refractivity contribution is -0.141. The maximum absolute atomic E-state index is 11.0. The van der Waals surface area contributed by atoms with Gasteiger partial charge in [-0.25, -0.2) is 4.79 Å². The van der Waals surface area contributed by atoms with Crippen LogP contribution in [-0.2, 0) is 16.0 Å². The number of carbonyl (C=O) groups is 2. The van der Waals surface area contributed by atoms with Crippen LogP contribution in [0.25, 0.3) is 0 Å². The molecule has 3 heteroatoms. The molecule has 0 bridgehead atoms. The van der Waals surface area contributed by atoms with E-state index in [0.717, 1.165) is 18.4 Å². The van der Waals surface area contributed by atoms with Crippen LogP contribution in [0.2, 0.25) is 0 Å². The molecule has 1 rings (SSSR count). The molecule has 0 radical (unpaired) electrons. The van der Waals surface area contributed by atoms with E-state index in [2.05, 4.69) is 6.92 Å². The number of hydrogen-bond acceptors (Lipinski definition) is 3. The summed E-state index contributed by atoms with van der Waals surface area (Å²) in [6.07, 6.45) is 9.85. The largest absolute Gasteiger partial charge is 0.421 e. The van der Waals surface area contributed by atoms with Gasteiger partial charge in [0.1, 0.15) is 5.75 Å². The van der Waals surface area contributed by atoms with Gasteiger partial charge in [-0.05, 0) is 24.5 Å². The van der Waals surface area contributed by atoms with E-state index >= 15 is 0 Å². The molecule has 0 N–H and O–H groups in total. The summed E-state index contributed by atoms with van der Waals surface area (Å²) >= 11 is 0. The van der Waals surface area contributed by atoms with Crippen molar-refractivity contribution in [2.24, 2.45) is 0 Å². The number of benzene rings is 1. The van der Waals surface area contributed by atoms with Crippen molar-refractivity contribution in [1.29, 1.82) is 0 Å². The summed E-state index contributed by atoms with van der Waals surface area (Å²) in [5.74, 6) is -0.326. The standard InChI is InChI=1S/C17H24O3/c1-2-3-4-5-6-7-8-11-15-12-9-10-13-16(15)20-17(19)14-18/h9-10,12-14H,2-8,11H2,1H3. The van der Waals surface area contributed by atoms with Gasteiger partial charge in [0.25, 0.3) is 0 Å². The highest BCUT2D eigenvalue weighted by atomic mass is 16.5. The van der Waals surface area contributed by atoms with Crippen LogP contribution in [-0.4, -0.2) is 12.3 Å². The zero-order valence-corrected chi connectivity index (χ0v) is 12.3. The summed E-state index contributed by atoms with van der Waals surface area (Å²) in [6, 6.07) is 7.42. The maximum Gasteiger partial charge on any atom is 0.376 e. The van der Waals surface area contributed by atoms with Gasteiger partial charge in [0, 0.05) is 0 Å². The topological polar surface area (TPSA) is 43.4 Å². The summed E-state index contributed by atoms with van der Waals surface area (Å²) in [7, 11) is 0. The molecule has 0 aromatic heterocycles. The molecule has 0 aliphatic rings. The van der Waals surface area contributed by atoms with Gasteiger partial charge in [0.05, 0.1) is 0 Å². The van der Waals surface area contributed by atoms with Crippen LogP contribution in [0.3, 0.4) is 0 Å². The Bertz CT molecular complexity index is 412. The molecule has 0 heterocycles. The maximum atomic E-state index is 11.0. The number of ether oxygens (including phenoxy) is 1. The van der Waals surface area contributed by atoms with Crippen molar-refractivity contribution in [3.63, 3.8) is 0 Å². The van der Waals surface area contributed by atoms with Gasteiger partial charge in [-0.15, -0.1) is 0 Å². The van der Waals surface area contributed by atoms with Gasteiger partial charge >= 0.3 is 5.97 Å². The van der Waals surface area contributed by atoms with Crippen LogP contribution in [0.5, 0.6) is 5.75 Å². The van der Waals surface area contributed by atoms with E-state index in [1.54, 1.807) is 6.07 Å². The SMILES string of the molecule is CCCCCCCCCc1ccccc1OC(=O)C=O. The summed E-state index contributed by atoms with van der Waals surface area (Å²) < 4.78 is 5.00. The number of para-hydroxylation sites is 1. The highest BCUT2D eigenvalue weighted by Crippen LogP contribution is 2.20. The Labute approximate surface area is 121 Å². The molecule has 3 nitrogen and oxygen atoms in total. The van der Waals surface area contributed by atoms with E-state index in [4.69, 9.17) is 4.74 Å². The highest BCUT2D eigenvalue weighted by molar-refractivity contribution is 6.21. The number of unbranched alkanes of at least 4 members (excludes halogenated alkanes) is 6. The minimum Gasteiger partial charge on any atom is -0.421 e. The third-order valence-corrected chi connectivity index (χ3v) is 3.33. The molecule has 0 aliphatic carbocycles. The van der Waals surface area contributed by atoms with Crippen LogP contribution in [0.1, 0.15) is 57.4 Å². The zero-order valence-electron chi connectivity index (χ0n) is 12.3. The summed E-state index contributed by atoms with van der Waals surface area (Å²) in [5, 5.41) is 0. The van der Waals surface area contributed by atoms with Gasteiger partial charge in [0.15, 0.2) is 0 Å². The number of esters is 1.